The highest BCUT2D eigenvalue weighted by Crippen LogP contribution is 2.35. The molecule has 26 heavy (non-hydrogen) atoms. The van der Waals surface area contributed by atoms with Gasteiger partial charge in [0.05, 0.1) is 0 Å². The number of rotatable bonds is 4. The molecule has 2 aliphatic heterocycles. The van der Waals surface area contributed by atoms with Gasteiger partial charge in [0, 0.05) is 39.3 Å². The topological polar surface area (TPSA) is 53.6 Å². The van der Waals surface area contributed by atoms with E-state index in [1.54, 1.807) is 5.06 Å². The lowest BCUT2D eigenvalue weighted by Crippen LogP contribution is -2.47. The summed E-state index contributed by atoms with van der Waals surface area (Å²) in [6.07, 6.45) is 0. The molecule has 2 heterocycles. The van der Waals surface area contributed by atoms with Crippen LogP contribution >= 0.6 is 0 Å². The van der Waals surface area contributed by atoms with Crippen molar-refractivity contribution in [3.63, 3.8) is 0 Å². The van der Waals surface area contributed by atoms with E-state index in [1.807, 2.05) is 37.3 Å². The first-order valence-electron chi connectivity index (χ1n) is 9.24. The van der Waals surface area contributed by atoms with Crippen molar-refractivity contribution in [2.75, 3.05) is 26.2 Å². The van der Waals surface area contributed by atoms with Crippen LogP contribution in [-0.4, -0.2) is 37.2 Å². The van der Waals surface area contributed by atoms with Gasteiger partial charge in [-0.1, -0.05) is 48.5 Å². The van der Waals surface area contributed by atoms with E-state index in [-0.39, 0.29) is 5.97 Å². The van der Waals surface area contributed by atoms with Gasteiger partial charge < -0.3 is 15.5 Å². The van der Waals surface area contributed by atoms with Gasteiger partial charge in [0.2, 0.25) is 0 Å². The second kappa shape index (κ2) is 7.19. The Morgan fingerprint density at radius 2 is 1.69 bits per heavy atom. The van der Waals surface area contributed by atoms with Crippen LogP contribution in [0.15, 0.2) is 48.5 Å². The van der Waals surface area contributed by atoms with E-state index in [9.17, 15) is 4.79 Å². The van der Waals surface area contributed by atoms with Crippen LogP contribution in [0.5, 0.6) is 0 Å². The molecule has 0 saturated carbocycles. The second-order valence-corrected chi connectivity index (χ2v) is 7.14. The Morgan fingerprint density at radius 1 is 0.962 bits per heavy atom. The number of piperazine rings is 1. The highest BCUT2D eigenvalue weighted by atomic mass is 16.7. The summed E-state index contributed by atoms with van der Waals surface area (Å²) >= 11 is 0. The van der Waals surface area contributed by atoms with Crippen LogP contribution in [0.3, 0.4) is 0 Å². The highest BCUT2D eigenvalue weighted by molar-refractivity contribution is 5.87. The molecule has 0 aromatic heterocycles. The molecule has 0 spiro atoms. The molecule has 5 heteroatoms. The molecule has 1 fully saturated rings. The van der Waals surface area contributed by atoms with E-state index in [4.69, 9.17) is 4.84 Å². The molecule has 0 radical (unpaired) electrons. The molecular formula is C21H25N3O2. The van der Waals surface area contributed by atoms with Crippen LogP contribution in [0.2, 0.25) is 0 Å². The standard InChI is InChI=1S/C21H25N3O2/c1-21(18-5-3-2-4-6-18,20(25)26-24-11-9-22-10-12-24)19-8-7-16-14-23-15-17(16)13-19/h2-8,13,22-23H,9-12,14-15H2,1H3. The molecule has 136 valence electrons. The number of fused-ring (bicyclic) bond motifs is 1. The number of carbonyl (C=O) groups excluding carboxylic acids is 1. The molecule has 1 atom stereocenters. The fourth-order valence-corrected chi connectivity index (χ4v) is 3.72. The summed E-state index contributed by atoms with van der Waals surface area (Å²) in [6, 6.07) is 16.3. The first-order chi connectivity index (χ1) is 12.7. The minimum Gasteiger partial charge on any atom is -0.367 e. The van der Waals surface area contributed by atoms with E-state index < -0.39 is 5.41 Å². The molecule has 1 unspecified atom stereocenters. The van der Waals surface area contributed by atoms with Gasteiger partial charge in [-0.25, -0.2) is 4.79 Å². The van der Waals surface area contributed by atoms with Crippen molar-refractivity contribution in [1.29, 1.82) is 0 Å². The van der Waals surface area contributed by atoms with Crippen molar-refractivity contribution < 1.29 is 9.63 Å². The minimum atomic E-state index is -0.843. The molecule has 0 amide bonds. The monoisotopic (exact) mass is 351 g/mol. The third-order valence-corrected chi connectivity index (χ3v) is 5.46. The molecule has 2 aliphatic rings. The maximum absolute atomic E-state index is 13.3. The zero-order chi connectivity index (χ0) is 18.0. The number of nitrogens with zero attached hydrogens (tertiary/aromatic N) is 1. The lowest BCUT2D eigenvalue weighted by molar-refractivity contribution is -0.197. The quantitative estimate of drug-likeness (QED) is 0.882. The molecular weight excluding hydrogens is 326 g/mol. The van der Waals surface area contributed by atoms with E-state index in [0.29, 0.717) is 13.1 Å². The lowest BCUT2D eigenvalue weighted by atomic mass is 9.75. The fourth-order valence-electron chi connectivity index (χ4n) is 3.72. The number of nitrogens with one attached hydrogen (secondary N) is 2. The molecule has 2 aromatic carbocycles. The van der Waals surface area contributed by atoms with E-state index >= 15 is 0 Å². The van der Waals surface area contributed by atoms with Crippen molar-refractivity contribution >= 4 is 5.97 Å². The van der Waals surface area contributed by atoms with Crippen LogP contribution in [0.4, 0.5) is 0 Å². The zero-order valence-corrected chi connectivity index (χ0v) is 15.1. The number of benzene rings is 2. The van der Waals surface area contributed by atoms with Gasteiger partial charge in [0.25, 0.3) is 0 Å². The Labute approximate surface area is 154 Å². The van der Waals surface area contributed by atoms with Gasteiger partial charge in [-0.2, -0.15) is 0 Å². The summed E-state index contributed by atoms with van der Waals surface area (Å²) in [5.41, 5.74) is 3.65. The van der Waals surface area contributed by atoms with E-state index in [0.717, 1.165) is 37.3 Å². The van der Waals surface area contributed by atoms with Crippen LogP contribution in [0.1, 0.15) is 29.2 Å². The van der Waals surface area contributed by atoms with Gasteiger partial charge in [-0.3, -0.25) is 0 Å². The predicted octanol–water partition coefficient (Wildman–Crippen LogP) is 1.96. The molecule has 5 nitrogen and oxygen atoms in total. The number of hydrogen-bond donors (Lipinski definition) is 2. The first-order valence-corrected chi connectivity index (χ1v) is 9.24. The first kappa shape index (κ1) is 17.2. The predicted molar refractivity (Wildman–Crippen MR) is 100 cm³/mol. The van der Waals surface area contributed by atoms with Gasteiger partial charge in [0.1, 0.15) is 5.41 Å². The maximum Gasteiger partial charge on any atom is 0.339 e. The van der Waals surface area contributed by atoms with E-state index in [2.05, 4.69) is 28.8 Å². The SMILES string of the molecule is CC(C(=O)ON1CCNCC1)(c1ccccc1)c1ccc2c(c1)CNC2. The summed E-state index contributed by atoms with van der Waals surface area (Å²) in [5, 5.41) is 8.42. The van der Waals surface area contributed by atoms with Crippen molar-refractivity contribution in [3.8, 4) is 0 Å². The fraction of sp³-hybridized carbons (Fsp3) is 0.381. The van der Waals surface area contributed by atoms with Crippen LogP contribution in [0, 0.1) is 0 Å². The third kappa shape index (κ3) is 3.14. The smallest absolute Gasteiger partial charge is 0.339 e. The van der Waals surface area contributed by atoms with Crippen molar-refractivity contribution in [2.45, 2.75) is 25.4 Å². The van der Waals surface area contributed by atoms with Crippen molar-refractivity contribution in [2.24, 2.45) is 0 Å². The van der Waals surface area contributed by atoms with E-state index in [1.165, 1.54) is 11.1 Å². The average Bonchev–Trinajstić information content (AvgIpc) is 3.16. The van der Waals surface area contributed by atoms with Gasteiger partial charge in [-0.15, -0.1) is 5.06 Å². The number of hydrogen-bond acceptors (Lipinski definition) is 5. The average molecular weight is 351 g/mol. The van der Waals surface area contributed by atoms with Crippen molar-refractivity contribution in [3.05, 3.63) is 70.8 Å². The Kier molecular flexibility index (Phi) is 4.76. The highest BCUT2D eigenvalue weighted by Gasteiger charge is 2.40. The van der Waals surface area contributed by atoms with Crippen molar-refractivity contribution in [1.82, 2.24) is 15.7 Å². The van der Waals surface area contributed by atoms with Crippen LogP contribution in [0.25, 0.3) is 0 Å². The van der Waals surface area contributed by atoms with Crippen LogP contribution in [-0.2, 0) is 28.1 Å². The molecule has 0 aliphatic carbocycles. The maximum atomic E-state index is 13.3. The van der Waals surface area contributed by atoms with Gasteiger partial charge >= 0.3 is 5.97 Å². The molecule has 2 aromatic rings. The Hall–Kier alpha value is -2.21. The Morgan fingerprint density at radius 3 is 2.46 bits per heavy atom. The third-order valence-electron chi connectivity index (χ3n) is 5.46. The lowest BCUT2D eigenvalue weighted by Gasteiger charge is -2.33. The number of carbonyl (C=O) groups is 1. The Bertz CT molecular complexity index is 787. The normalized spacial score (nSPS) is 19.6. The molecule has 4 rings (SSSR count). The van der Waals surface area contributed by atoms with Gasteiger partial charge in [-0.05, 0) is 29.2 Å². The summed E-state index contributed by atoms with van der Waals surface area (Å²) in [5.74, 6) is -0.225. The molecule has 1 saturated heterocycles. The largest absolute Gasteiger partial charge is 0.367 e. The summed E-state index contributed by atoms with van der Waals surface area (Å²) in [4.78, 5) is 19.2. The minimum absolute atomic E-state index is 0.225. The summed E-state index contributed by atoms with van der Waals surface area (Å²) in [6.45, 7) is 6.80. The Balaban J connectivity index is 1.71. The summed E-state index contributed by atoms with van der Waals surface area (Å²) < 4.78 is 0. The summed E-state index contributed by atoms with van der Waals surface area (Å²) in [7, 11) is 0. The second-order valence-electron chi connectivity index (χ2n) is 7.14. The zero-order valence-electron chi connectivity index (χ0n) is 15.1. The van der Waals surface area contributed by atoms with Gasteiger partial charge in [0.15, 0.2) is 0 Å². The molecule has 2 N–H and O–H groups in total. The number of hydroxylamine groups is 2. The van der Waals surface area contributed by atoms with Crippen LogP contribution < -0.4 is 10.6 Å². The molecule has 0 bridgehead atoms.